The van der Waals surface area contributed by atoms with E-state index in [4.69, 9.17) is 27.9 Å². The fourth-order valence-corrected chi connectivity index (χ4v) is 2.77. The van der Waals surface area contributed by atoms with Crippen LogP contribution in [0.2, 0.25) is 5.02 Å². The van der Waals surface area contributed by atoms with Crippen LogP contribution in [-0.4, -0.2) is 6.61 Å². The zero-order valence-electron chi connectivity index (χ0n) is 11.0. The van der Waals surface area contributed by atoms with Crippen LogP contribution in [0.4, 0.5) is 8.78 Å². The number of benzene rings is 2. The van der Waals surface area contributed by atoms with E-state index in [1.165, 1.54) is 0 Å². The Bertz CT molecular complexity index is 664. The topological polar surface area (TPSA) is 9.23 Å². The summed E-state index contributed by atoms with van der Waals surface area (Å²) in [6, 6.07) is 7.15. The monoisotopic (exact) mass is 394 g/mol. The standard InChI is InChI=1S/C15H11BrCl2F2O/c1-2-21-14-4-3-8(16)5-10(14)15(18)9-6-13(20)11(17)7-12(9)19/h3-7,15H,2H2,1H3. The van der Waals surface area contributed by atoms with Gasteiger partial charge in [0.05, 0.1) is 17.0 Å². The quantitative estimate of drug-likeness (QED) is 0.448. The number of halogens is 5. The van der Waals surface area contributed by atoms with E-state index >= 15 is 0 Å². The van der Waals surface area contributed by atoms with E-state index in [1.54, 1.807) is 18.2 Å². The Balaban J connectivity index is 2.51. The van der Waals surface area contributed by atoms with Gasteiger partial charge in [0.1, 0.15) is 17.4 Å². The number of ether oxygens (including phenoxy) is 1. The fourth-order valence-electron chi connectivity index (χ4n) is 1.90. The van der Waals surface area contributed by atoms with Gasteiger partial charge in [-0.15, -0.1) is 11.6 Å². The summed E-state index contributed by atoms with van der Waals surface area (Å²) in [5.41, 5.74) is 0.561. The average molecular weight is 396 g/mol. The molecule has 2 aromatic carbocycles. The van der Waals surface area contributed by atoms with Crippen LogP contribution in [0, 0.1) is 11.6 Å². The van der Waals surface area contributed by atoms with E-state index < -0.39 is 17.0 Å². The summed E-state index contributed by atoms with van der Waals surface area (Å²) in [5.74, 6) is -0.856. The predicted molar refractivity (Wildman–Crippen MR) is 84.4 cm³/mol. The molecule has 0 aromatic heterocycles. The molecule has 0 heterocycles. The normalized spacial score (nSPS) is 12.3. The lowest BCUT2D eigenvalue weighted by atomic mass is 10.0. The minimum Gasteiger partial charge on any atom is -0.494 e. The summed E-state index contributed by atoms with van der Waals surface area (Å²) < 4.78 is 33.8. The van der Waals surface area contributed by atoms with Crippen molar-refractivity contribution in [2.24, 2.45) is 0 Å². The highest BCUT2D eigenvalue weighted by Gasteiger charge is 2.21. The average Bonchev–Trinajstić information content (AvgIpc) is 2.44. The molecule has 2 rings (SSSR count). The first-order chi connectivity index (χ1) is 9.93. The van der Waals surface area contributed by atoms with E-state index in [-0.39, 0.29) is 10.6 Å². The van der Waals surface area contributed by atoms with Crippen LogP contribution in [0.5, 0.6) is 5.75 Å². The Morgan fingerprint density at radius 3 is 2.52 bits per heavy atom. The summed E-state index contributed by atoms with van der Waals surface area (Å²) in [5, 5.41) is -1.17. The van der Waals surface area contributed by atoms with E-state index in [9.17, 15) is 8.78 Å². The van der Waals surface area contributed by atoms with Gasteiger partial charge in [0, 0.05) is 15.6 Å². The van der Waals surface area contributed by atoms with Gasteiger partial charge < -0.3 is 4.74 Å². The number of hydrogen-bond donors (Lipinski definition) is 0. The molecule has 21 heavy (non-hydrogen) atoms. The number of rotatable bonds is 4. The summed E-state index contributed by atoms with van der Waals surface area (Å²) in [7, 11) is 0. The van der Waals surface area contributed by atoms with Crippen molar-refractivity contribution < 1.29 is 13.5 Å². The van der Waals surface area contributed by atoms with Crippen molar-refractivity contribution in [1.82, 2.24) is 0 Å². The first-order valence-electron chi connectivity index (χ1n) is 6.14. The van der Waals surface area contributed by atoms with Gasteiger partial charge in [0.25, 0.3) is 0 Å². The Morgan fingerprint density at radius 1 is 1.14 bits per heavy atom. The maximum Gasteiger partial charge on any atom is 0.142 e. The van der Waals surface area contributed by atoms with E-state index in [1.807, 2.05) is 6.92 Å². The second-order valence-corrected chi connectivity index (χ2v) is 6.02. The largest absolute Gasteiger partial charge is 0.494 e. The van der Waals surface area contributed by atoms with Crippen molar-refractivity contribution in [3.8, 4) is 5.75 Å². The van der Waals surface area contributed by atoms with Crippen molar-refractivity contribution in [2.45, 2.75) is 12.3 Å². The van der Waals surface area contributed by atoms with Gasteiger partial charge in [-0.05, 0) is 37.3 Å². The third kappa shape index (κ3) is 3.68. The highest BCUT2D eigenvalue weighted by atomic mass is 79.9. The summed E-state index contributed by atoms with van der Waals surface area (Å²) in [6.07, 6.45) is 0. The highest BCUT2D eigenvalue weighted by molar-refractivity contribution is 9.10. The zero-order chi connectivity index (χ0) is 15.6. The van der Waals surface area contributed by atoms with Crippen LogP contribution < -0.4 is 4.74 Å². The minimum absolute atomic E-state index is 0.0117. The fraction of sp³-hybridized carbons (Fsp3) is 0.200. The van der Waals surface area contributed by atoms with Crippen LogP contribution in [0.3, 0.4) is 0 Å². The Hall–Kier alpha value is -0.840. The Morgan fingerprint density at radius 2 is 1.86 bits per heavy atom. The zero-order valence-corrected chi connectivity index (χ0v) is 14.1. The SMILES string of the molecule is CCOc1ccc(Br)cc1C(Cl)c1cc(F)c(Cl)cc1F. The Labute approximate surface area is 140 Å². The number of alkyl halides is 1. The summed E-state index contributed by atoms with van der Waals surface area (Å²) >= 11 is 15.2. The van der Waals surface area contributed by atoms with Crippen molar-refractivity contribution >= 4 is 39.1 Å². The summed E-state index contributed by atoms with van der Waals surface area (Å²) in [6.45, 7) is 2.27. The van der Waals surface area contributed by atoms with E-state index in [0.29, 0.717) is 17.9 Å². The molecule has 1 nitrogen and oxygen atoms in total. The van der Waals surface area contributed by atoms with Gasteiger partial charge in [-0.3, -0.25) is 0 Å². The maximum atomic E-state index is 14.0. The van der Waals surface area contributed by atoms with E-state index in [2.05, 4.69) is 15.9 Å². The molecule has 0 N–H and O–H groups in total. The predicted octanol–water partition coefficient (Wildman–Crippen LogP) is 6.11. The smallest absolute Gasteiger partial charge is 0.142 e. The van der Waals surface area contributed by atoms with Crippen molar-refractivity contribution in [3.05, 3.63) is 62.6 Å². The molecule has 0 aliphatic rings. The molecule has 0 aliphatic heterocycles. The molecule has 1 unspecified atom stereocenters. The van der Waals surface area contributed by atoms with Crippen LogP contribution in [0.15, 0.2) is 34.8 Å². The van der Waals surface area contributed by atoms with Crippen LogP contribution in [0.25, 0.3) is 0 Å². The molecule has 0 spiro atoms. The molecule has 0 fully saturated rings. The molecule has 0 radical (unpaired) electrons. The molecule has 0 aliphatic carbocycles. The second-order valence-electron chi connectivity index (χ2n) is 4.27. The second kappa shape index (κ2) is 6.95. The lowest BCUT2D eigenvalue weighted by Crippen LogP contribution is -2.03. The highest BCUT2D eigenvalue weighted by Crippen LogP contribution is 2.38. The molecular formula is C15H11BrCl2F2O. The minimum atomic E-state index is -0.893. The van der Waals surface area contributed by atoms with Crippen LogP contribution in [0.1, 0.15) is 23.4 Å². The number of hydrogen-bond acceptors (Lipinski definition) is 1. The van der Waals surface area contributed by atoms with Gasteiger partial charge >= 0.3 is 0 Å². The lowest BCUT2D eigenvalue weighted by Gasteiger charge is -2.17. The van der Waals surface area contributed by atoms with Gasteiger partial charge in [-0.25, -0.2) is 8.78 Å². The van der Waals surface area contributed by atoms with Crippen LogP contribution >= 0.6 is 39.1 Å². The molecule has 6 heteroatoms. The van der Waals surface area contributed by atoms with Crippen molar-refractivity contribution in [2.75, 3.05) is 6.61 Å². The molecule has 1 atom stereocenters. The Kier molecular flexibility index (Phi) is 5.47. The molecule has 112 valence electrons. The van der Waals surface area contributed by atoms with Gasteiger partial charge in [0.15, 0.2) is 0 Å². The third-order valence-corrected chi connectivity index (χ3v) is 4.11. The molecular weight excluding hydrogens is 385 g/mol. The lowest BCUT2D eigenvalue weighted by molar-refractivity contribution is 0.336. The van der Waals surface area contributed by atoms with Gasteiger partial charge in [-0.2, -0.15) is 0 Å². The molecule has 0 saturated carbocycles. The summed E-state index contributed by atoms with van der Waals surface area (Å²) in [4.78, 5) is 0. The van der Waals surface area contributed by atoms with Crippen LogP contribution in [-0.2, 0) is 0 Å². The molecule has 0 amide bonds. The maximum absolute atomic E-state index is 14.0. The van der Waals surface area contributed by atoms with Crippen molar-refractivity contribution in [3.63, 3.8) is 0 Å². The van der Waals surface area contributed by atoms with E-state index in [0.717, 1.165) is 16.6 Å². The molecule has 0 bridgehead atoms. The van der Waals surface area contributed by atoms with Gasteiger partial charge in [0.2, 0.25) is 0 Å². The molecule has 2 aromatic rings. The first-order valence-corrected chi connectivity index (χ1v) is 7.75. The van der Waals surface area contributed by atoms with Gasteiger partial charge in [-0.1, -0.05) is 27.5 Å². The van der Waals surface area contributed by atoms with Crippen molar-refractivity contribution in [1.29, 1.82) is 0 Å². The third-order valence-electron chi connectivity index (χ3n) is 2.86. The molecule has 0 saturated heterocycles. The first kappa shape index (κ1) is 16.5.